The van der Waals surface area contributed by atoms with Crippen molar-refractivity contribution < 1.29 is 9.53 Å². The average Bonchev–Trinajstić information content (AvgIpc) is 2.47. The first-order valence-electron chi connectivity index (χ1n) is 6.79. The molecule has 110 valence electrons. The number of nitrogen functional groups attached to an aromatic ring is 1. The van der Waals surface area contributed by atoms with Crippen LogP contribution in [0, 0.1) is 13.8 Å². The van der Waals surface area contributed by atoms with Crippen molar-refractivity contribution in [3.63, 3.8) is 0 Å². The molecule has 0 heterocycles. The molecule has 0 unspecified atom stereocenters. The van der Waals surface area contributed by atoms with Crippen LogP contribution in [0.4, 0.5) is 5.69 Å². The predicted octanol–water partition coefficient (Wildman–Crippen LogP) is 2.82. The molecule has 1 amide bonds. The second kappa shape index (κ2) is 6.31. The van der Waals surface area contributed by atoms with Gasteiger partial charge in [0, 0.05) is 23.4 Å². The fourth-order valence-electron chi connectivity index (χ4n) is 2.10. The van der Waals surface area contributed by atoms with Crippen molar-refractivity contribution in [1.29, 1.82) is 0 Å². The van der Waals surface area contributed by atoms with Crippen LogP contribution in [0.25, 0.3) is 0 Å². The maximum absolute atomic E-state index is 12.2. The summed E-state index contributed by atoms with van der Waals surface area (Å²) < 4.78 is 5.27. The molecule has 0 radical (unpaired) electrons. The number of nitrogens with one attached hydrogen (secondary N) is 1. The van der Waals surface area contributed by atoms with Crippen molar-refractivity contribution in [2.75, 3.05) is 12.8 Å². The van der Waals surface area contributed by atoms with Crippen LogP contribution >= 0.6 is 0 Å². The summed E-state index contributed by atoms with van der Waals surface area (Å²) in [6.07, 6.45) is 0. The largest absolute Gasteiger partial charge is 0.496 e. The van der Waals surface area contributed by atoms with Gasteiger partial charge in [-0.05, 0) is 55.3 Å². The Morgan fingerprint density at radius 2 is 1.90 bits per heavy atom. The summed E-state index contributed by atoms with van der Waals surface area (Å²) in [6, 6.07) is 11.0. The Kier molecular flexibility index (Phi) is 4.48. The SMILES string of the molecule is COc1ccc(N)cc1CNC(=O)c1ccc(C)c(C)c1. The highest BCUT2D eigenvalue weighted by Crippen LogP contribution is 2.21. The van der Waals surface area contributed by atoms with Crippen molar-refractivity contribution in [2.24, 2.45) is 0 Å². The van der Waals surface area contributed by atoms with E-state index in [1.54, 1.807) is 25.3 Å². The molecule has 2 rings (SSSR count). The summed E-state index contributed by atoms with van der Waals surface area (Å²) in [7, 11) is 1.60. The standard InChI is InChI=1S/C17H20N2O2/c1-11-4-5-13(8-12(11)2)17(20)19-10-14-9-15(18)6-7-16(14)21-3/h4-9H,10,18H2,1-3H3,(H,19,20). The van der Waals surface area contributed by atoms with Crippen LogP contribution in [0.1, 0.15) is 27.0 Å². The summed E-state index contributed by atoms with van der Waals surface area (Å²) in [6.45, 7) is 4.39. The molecule has 0 saturated carbocycles. The Morgan fingerprint density at radius 1 is 1.14 bits per heavy atom. The summed E-state index contributed by atoms with van der Waals surface area (Å²) in [5, 5.41) is 2.89. The molecule has 21 heavy (non-hydrogen) atoms. The highest BCUT2D eigenvalue weighted by Gasteiger charge is 2.09. The first-order chi connectivity index (χ1) is 10.0. The number of hydrogen-bond acceptors (Lipinski definition) is 3. The highest BCUT2D eigenvalue weighted by atomic mass is 16.5. The van der Waals surface area contributed by atoms with E-state index < -0.39 is 0 Å². The Morgan fingerprint density at radius 3 is 2.57 bits per heavy atom. The number of carbonyl (C=O) groups is 1. The zero-order valence-electron chi connectivity index (χ0n) is 12.6. The van der Waals surface area contributed by atoms with Gasteiger partial charge in [-0.2, -0.15) is 0 Å². The number of amides is 1. The molecule has 0 atom stereocenters. The number of hydrogen-bond donors (Lipinski definition) is 2. The predicted molar refractivity (Wildman–Crippen MR) is 84.5 cm³/mol. The number of carbonyl (C=O) groups excluding carboxylic acids is 1. The number of benzene rings is 2. The third-order valence-electron chi connectivity index (χ3n) is 3.51. The van der Waals surface area contributed by atoms with Gasteiger partial charge >= 0.3 is 0 Å². The lowest BCUT2D eigenvalue weighted by Gasteiger charge is -2.11. The minimum absolute atomic E-state index is 0.109. The van der Waals surface area contributed by atoms with Crippen LogP contribution in [-0.4, -0.2) is 13.0 Å². The maximum atomic E-state index is 12.2. The van der Waals surface area contributed by atoms with Gasteiger partial charge in [0.15, 0.2) is 0 Å². The van der Waals surface area contributed by atoms with Gasteiger partial charge in [-0.3, -0.25) is 4.79 Å². The van der Waals surface area contributed by atoms with E-state index in [-0.39, 0.29) is 5.91 Å². The van der Waals surface area contributed by atoms with E-state index in [0.29, 0.717) is 23.5 Å². The van der Waals surface area contributed by atoms with Crippen LogP contribution in [0.2, 0.25) is 0 Å². The van der Waals surface area contributed by atoms with Crippen molar-refractivity contribution >= 4 is 11.6 Å². The number of ether oxygens (including phenoxy) is 1. The van der Waals surface area contributed by atoms with Gasteiger partial charge in [0.1, 0.15) is 5.75 Å². The number of anilines is 1. The number of rotatable bonds is 4. The van der Waals surface area contributed by atoms with Gasteiger partial charge in [0.05, 0.1) is 7.11 Å². The van der Waals surface area contributed by atoms with Gasteiger partial charge in [0.25, 0.3) is 5.91 Å². The van der Waals surface area contributed by atoms with E-state index in [2.05, 4.69) is 5.32 Å². The first kappa shape index (κ1) is 14.9. The Labute approximate surface area is 124 Å². The zero-order chi connectivity index (χ0) is 15.4. The third kappa shape index (κ3) is 3.54. The minimum atomic E-state index is -0.109. The molecule has 0 bridgehead atoms. The monoisotopic (exact) mass is 284 g/mol. The molecule has 0 aliphatic heterocycles. The minimum Gasteiger partial charge on any atom is -0.496 e. The lowest BCUT2D eigenvalue weighted by Crippen LogP contribution is -2.23. The molecule has 2 aromatic carbocycles. The molecular weight excluding hydrogens is 264 g/mol. The van der Waals surface area contributed by atoms with E-state index in [1.165, 1.54) is 5.56 Å². The summed E-state index contributed by atoms with van der Waals surface area (Å²) >= 11 is 0. The van der Waals surface area contributed by atoms with Gasteiger partial charge in [-0.25, -0.2) is 0 Å². The van der Waals surface area contributed by atoms with Crippen LogP contribution in [0.3, 0.4) is 0 Å². The normalized spacial score (nSPS) is 10.2. The second-order valence-corrected chi connectivity index (χ2v) is 5.05. The maximum Gasteiger partial charge on any atom is 0.251 e. The molecule has 0 spiro atoms. The molecule has 3 N–H and O–H groups in total. The molecule has 0 fully saturated rings. The average molecular weight is 284 g/mol. The molecule has 4 heteroatoms. The van der Waals surface area contributed by atoms with Gasteiger partial charge in [-0.15, -0.1) is 0 Å². The van der Waals surface area contributed by atoms with E-state index >= 15 is 0 Å². The molecule has 0 aliphatic carbocycles. The Hall–Kier alpha value is -2.49. The fourth-order valence-corrected chi connectivity index (χ4v) is 2.10. The molecular formula is C17H20N2O2. The van der Waals surface area contributed by atoms with Crippen molar-refractivity contribution in [1.82, 2.24) is 5.32 Å². The molecule has 4 nitrogen and oxygen atoms in total. The molecule has 0 aromatic heterocycles. The highest BCUT2D eigenvalue weighted by molar-refractivity contribution is 5.94. The lowest BCUT2D eigenvalue weighted by molar-refractivity contribution is 0.0950. The van der Waals surface area contributed by atoms with E-state index in [9.17, 15) is 4.79 Å². The topological polar surface area (TPSA) is 64.3 Å². The summed E-state index contributed by atoms with van der Waals surface area (Å²) in [5.74, 6) is 0.604. The van der Waals surface area contributed by atoms with Crippen LogP contribution < -0.4 is 15.8 Å². The number of aryl methyl sites for hydroxylation is 2. The smallest absolute Gasteiger partial charge is 0.251 e. The van der Waals surface area contributed by atoms with Crippen LogP contribution in [0.5, 0.6) is 5.75 Å². The molecule has 2 aromatic rings. The van der Waals surface area contributed by atoms with E-state index in [0.717, 1.165) is 11.1 Å². The van der Waals surface area contributed by atoms with E-state index in [1.807, 2.05) is 32.0 Å². The van der Waals surface area contributed by atoms with Crippen molar-refractivity contribution in [3.05, 3.63) is 58.7 Å². The lowest BCUT2D eigenvalue weighted by atomic mass is 10.1. The van der Waals surface area contributed by atoms with Crippen LogP contribution in [-0.2, 0) is 6.54 Å². The van der Waals surface area contributed by atoms with Crippen LogP contribution in [0.15, 0.2) is 36.4 Å². The quantitative estimate of drug-likeness (QED) is 0.849. The number of nitrogens with two attached hydrogens (primary N) is 1. The van der Waals surface area contributed by atoms with Crippen molar-refractivity contribution in [3.8, 4) is 5.75 Å². The summed E-state index contributed by atoms with van der Waals surface area (Å²) in [5.41, 5.74) is 10.2. The Balaban J connectivity index is 2.10. The van der Waals surface area contributed by atoms with Gasteiger partial charge in [-0.1, -0.05) is 6.07 Å². The van der Waals surface area contributed by atoms with Crippen molar-refractivity contribution in [2.45, 2.75) is 20.4 Å². The third-order valence-corrected chi connectivity index (χ3v) is 3.51. The number of methoxy groups -OCH3 is 1. The van der Waals surface area contributed by atoms with E-state index in [4.69, 9.17) is 10.5 Å². The van der Waals surface area contributed by atoms with Gasteiger partial charge in [0.2, 0.25) is 0 Å². The van der Waals surface area contributed by atoms with Gasteiger partial charge < -0.3 is 15.8 Å². The fraction of sp³-hybridized carbons (Fsp3) is 0.235. The Bertz CT molecular complexity index is 666. The second-order valence-electron chi connectivity index (χ2n) is 5.05. The summed E-state index contributed by atoms with van der Waals surface area (Å²) in [4.78, 5) is 12.2. The molecule has 0 aliphatic rings. The molecule has 0 saturated heterocycles. The zero-order valence-corrected chi connectivity index (χ0v) is 12.6. The first-order valence-corrected chi connectivity index (χ1v) is 6.79.